The predicted octanol–water partition coefficient (Wildman–Crippen LogP) is 6.92. The number of hydrogen-bond donors (Lipinski definition) is 0. The van der Waals surface area contributed by atoms with E-state index < -0.39 is 54.3 Å². The largest absolute Gasteiger partial charge is 0.459 e. The molecule has 0 aromatic rings. The third kappa shape index (κ3) is 5.98. The van der Waals surface area contributed by atoms with Gasteiger partial charge in [0, 0.05) is 12.0 Å². The molecular weight excluding hydrogens is 478 g/mol. The minimum Gasteiger partial charge on any atom is -0.459 e. The van der Waals surface area contributed by atoms with Crippen LogP contribution in [0.3, 0.4) is 0 Å². The molecule has 35 heavy (non-hydrogen) atoms. The number of rotatable bonds is 9. The van der Waals surface area contributed by atoms with Crippen molar-refractivity contribution in [2.45, 2.75) is 103 Å². The summed E-state index contributed by atoms with van der Waals surface area (Å²) in [5.41, 5.74) is -5.55. The first kappa shape index (κ1) is 27.8. The van der Waals surface area contributed by atoms with Gasteiger partial charge in [0.2, 0.25) is 0 Å². The summed E-state index contributed by atoms with van der Waals surface area (Å²) in [5.74, 6) is -1.91. The second-order valence-electron chi connectivity index (χ2n) is 11.5. The molecule has 4 fully saturated rings. The summed E-state index contributed by atoms with van der Waals surface area (Å²) in [6.07, 6.45) is -11.3. The summed E-state index contributed by atoms with van der Waals surface area (Å²) < 4.78 is 94.4. The summed E-state index contributed by atoms with van der Waals surface area (Å²) in [5, 5.41) is 0. The van der Waals surface area contributed by atoms with Crippen molar-refractivity contribution in [2.24, 2.45) is 29.1 Å². The van der Waals surface area contributed by atoms with E-state index in [2.05, 4.69) is 11.3 Å². The Balaban J connectivity index is 1.87. The molecular formula is C25H34F6O4. The standard InChI is InChI=1S/C25H34F6O4/c1-14(2)5-19(34-21(33)15(3)4)12-23(24(26,27)28,25(29,30)31)35-20(32)13-22-9-16-6-17(10-22)8-18(7-16)11-22/h14,16-19H,3,5-13H2,1-2,4H3. The molecule has 4 aliphatic carbocycles. The number of carbonyl (C=O) groups excluding carboxylic acids is 2. The Bertz CT molecular complexity index is 780. The highest BCUT2D eigenvalue weighted by Crippen LogP contribution is 2.61. The first-order valence-electron chi connectivity index (χ1n) is 12.2. The molecule has 10 heteroatoms. The third-order valence-electron chi connectivity index (χ3n) is 7.76. The first-order valence-corrected chi connectivity index (χ1v) is 12.2. The van der Waals surface area contributed by atoms with Crippen molar-refractivity contribution in [3.05, 3.63) is 12.2 Å². The molecule has 0 N–H and O–H groups in total. The van der Waals surface area contributed by atoms with Crippen molar-refractivity contribution in [1.82, 2.24) is 0 Å². The molecule has 0 aliphatic heterocycles. The van der Waals surface area contributed by atoms with Crippen LogP contribution in [-0.4, -0.2) is 36.0 Å². The van der Waals surface area contributed by atoms with Gasteiger partial charge in [0.1, 0.15) is 6.10 Å². The number of carbonyl (C=O) groups is 2. The molecule has 200 valence electrons. The van der Waals surface area contributed by atoms with Crippen molar-refractivity contribution in [2.75, 3.05) is 0 Å². The number of esters is 2. The Morgan fingerprint density at radius 2 is 1.40 bits per heavy atom. The maximum absolute atomic E-state index is 14.2. The van der Waals surface area contributed by atoms with Crippen molar-refractivity contribution in [3.63, 3.8) is 0 Å². The SMILES string of the molecule is C=C(C)C(=O)OC(CC(C)C)CC(OC(=O)CC12CC3CC(CC(C3)C1)C2)(C(F)(F)F)C(F)(F)F. The Kier molecular flexibility index (Phi) is 7.65. The van der Waals surface area contributed by atoms with Crippen LogP contribution in [-0.2, 0) is 19.1 Å². The predicted molar refractivity (Wildman–Crippen MR) is 115 cm³/mol. The molecule has 0 heterocycles. The summed E-state index contributed by atoms with van der Waals surface area (Å²) in [4.78, 5) is 24.8. The second-order valence-corrected chi connectivity index (χ2v) is 11.5. The maximum Gasteiger partial charge on any atom is 0.437 e. The van der Waals surface area contributed by atoms with E-state index in [0.29, 0.717) is 37.0 Å². The average molecular weight is 513 g/mol. The highest BCUT2D eigenvalue weighted by Gasteiger charge is 2.75. The average Bonchev–Trinajstić information content (AvgIpc) is 2.63. The number of halogens is 6. The molecule has 0 aromatic carbocycles. The lowest BCUT2D eigenvalue weighted by molar-refractivity contribution is -0.376. The Hall–Kier alpha value is -1.74. The van der Waals surface area contributed by atoms with E-state index in [9.17, 15) is 35.9 Å². The Morgan fingerprint density at radius 3 is 1.77 bits per heavy atom. The van der Waals surface area contributed by atoms with E-state index in [1.165, 1.54) is 6.92 Å². The topological polar surface area (TPSA) is 52.6 Å². The monoisotopic (exact) mass is 512 g/mol. The molecule has 4 nitrogen and oxygen atoms in total. The summed E-state index contributed by atoms with van der Waals surface area (Å²) in [7, 11) is 0. The van der Waals surface area contributed by atoms with E-state index in [0.717, 1.165) is 19.3 Å². The zero-order valence-corrected chi connectivity index (χ0v) is 20.4. The molecule has 4 rings (SSSR count). The summed E-state index contributed by atoms with van der Waals surface area (Å²) >= 11 is 0. The van der Waals surface area contributed by atoms with Crippen LogP contribution in [0.4, 0.5) is 26.3 Å². The summed E-state index contributed by atoms with van der Waals surface area (Å²) in [6, 6.07) is 0. The molecule has 4 bridgehead atoms. The van der Waals surface area contributed by atoms with Crippen molar-refractivity contribution in [1.29, 1.82) is 0 Å². The van der Waals surface area contributed by atoms with E-state index in [1.54, 1.807) is 13.8 Å². The van der Waals surface area contributed by atoms with Crippen LogP contribution in [0.1, 0.15) is 78.6 Å². The van der Waals surface area contributed by atoms with Crippen LogP contribution in [0.15, 0.2) is 12.2 Å². The fourth-order valence-electron chi connectivity index (χ4n) is 6.86. The lowest BCUT2D eigenvalue weighted by Crippen LogP contribution is -2.61. The highest BCUT2D eigenvalue weighted by atomic mass is 19.4. The van der Waals surface area contributed by atoms with Crippen LogP contribution in [0.25, 0.3) is 0 Å². The van der Waals surface area contributed by atoms with E-state index in [1.807, 2.05) is 0 Å². The van der Waals surface area contributed by atoms with Gasteiger partial charge < -0.3 is 9.47 Å². The molecule has 1 unspecified atom stereocenters. The van der Waals surface area contributed by atoms with E-state index >= 15 is 0 Å². The van der Waals surface area contributed by atoms with Gasteiger partial charge in [-0.15, -0.1) is 0 Å². The third-order valence-corrected chi connectivity index (χ3v) is 7.76. The first-order chi connectivity index (χ1) is 16.0. The van der Waals surface area contributed by atoms with Crippen LogP contribution < -0.4 is 0 Å². The molecule has 4 saturated carbocycles. The van der Waals surface area contributed by atoms with Gasteiger partial charge in [-0.05, 0) is 81.0 Å². The van der Waals surface area contributed by atoms with Gasteiger partial charge in [-0.25, -0.2) is 4.79 Å². The maximum atomic E-state index is 14.2. The number of hydrogen-bond acceptors (Lipinski definition) is 4. The van der Waals surface area contributed by atoms with E-state index in [4.69, 9.17) is 4.74 Å². The molecule has 0 aromatic heterocycles. The zero-order valence-electron chi connectivity index (χ0n) is 20.4. The van der Waals surface area contributed by atoms with Crippen LogP contribution in [0, 0.1) is 29.1 Å². The summed E-state index contributed by atoms with van der Waals surface area (Å²) in [6.45, 7) is 7.71. The lowest BCUT2D eigenvalue weighted by atomic mass is 9.49. The molecule has 1 atom stereocenters. The molecule has 4 aliphatic rings. The molecule has 0 spiro atoms. The normalized spacial score (nSPS) is 29.3. The van der Waals surface area contributed by atoms with Gasteiger partial charge in [-0.3, -0.25) is 4.79 Å². The molecule has 0 amide bonds. The van der Waals surface area contributed by atoms with Gasteiger partial charge in [0.15, 0.2) is 0 Å². The fraction of sp³-hybridized carbons (Fsp3) is 0.840. The lowest BCUT2D eigenvalue weighted by Gasteiger charge is -2.56. The Labute approximate surface area is 201 Å². The van der Waals surface area contributed by atoms with E-state index in [-0.39, 0.29) is 17.9 Å². The van der Waals surface area contributed by atoms with Crippen LogP contribution >= 0.6 is 0 Å². The smallest absolute Gasteiger partial charge is 0.437 e. The van der Waals surface area contributed by atoms with Crippen molar-refractivity contribution < 1.29 is 45.4 Å². The van der Waals surface area contributed by atoms with Crippen molar-refractivity contribution in [3.8, 4) is 0 Å². The van der Waals surface area contributed by atoms with Crippen molar-refractivity contribution >= 4 is 11.9 Å². The van der Waals surface area contributed by atoms with Gasteiger partial charge in [-0.2, -0.15) is 26.3 Å². The number of alkyl halides is 6. The zero-order chi connectivity index (χ0) is 26.4. The van der Waals surface area contributed by atoms with Gasteiger partial charge in [0.25, 0.3) is 0 Å². The second kappa shape index (κ2) is 9.61. The van der Waals surface area contributed by atoms with Gasteiger partial charge >= 0.3 is 29.9 Å². The quantitative estimate of drug-likeness (QED) is 0.191. The minimum absolute atomic E-state index is 0.165. The van der Waals surface area contributed by atoms with Gasteiger partial charge in [0.05, 0.1) is 6.42 Å². The molecule has 0 saturated heterocycles. The van der Waals surface area contributed by atoms with Crippen LogP contribution in [0.5, 0.6) is 0 Å². The van der Waals surface area contributed by atoms with Gasteiger partial charge in [-0.1, -0.05) is 20.4 Å². The van der Waals surface area contributed by atoms with Crippen LogP contribution in [0.2, 0.25) is 0 Å². The molecule has 0 radical (unpaired) electrons. The number of ether oxygens (including phenoxy) is 2. The minimum atomic E-state index is -5.97. The highest BCUT2D eigenvalue weighted by molar-refractivity contribution is 5.87. The Morgan fingerprint density at radius 1 is 0.943 bits per heavy atom. The fourth-order valence-corrected chi connectivity index (χ4v) is 6.86.